The summed E-state index contributed by atoms with van der Waals surface area (Å²) in [5.74, 6) is -0.0914. The summed E-state index contributed by atoms with van der Waals surface area (Å²) in [4.78, 5) is 13.2. The van der Waals surface area contributed by atoms with E-state index in [1.54, 1.807) is 0 Å². The SMILES string of the molecule is Cn1c2c(c(=O)n1-c1ccc(C(F)(F)F)cc1C(F)(F)F)[C@H]1CCC2(C)C1(C)C. The van der Waals surface area contributed by atoms with E-state index >= 15 is 0 Å². The van der Waals surface area contributed by atoms with Crippen molar-refractivity contribution in [3.05, 3.63) is 50.9 Å². The van der Waals surface area contributed by atoms with Crippen LogP contribution in [0, 0.1) is 5.41 Å². The van der Waals surface area contributed by atoms with E-state index in [0.717, 1.165) is 23.6 Å². The number of halogens is 6. The maximum atomic E-state index is 13.6. The van der Waals surface area contributed by atoms with E-state index in [2.05, 4.69) is 0 Å². The Labute approximate surface area is 162 Å². The van der Waals surface area contributed by atoms with E-state index in [-0.39, 0.29) is 17.4 Å². The molecule has 3 nitrogen and oxygen atoms in total. The maximum Gasteiger partial charge on any atom is 0.418 e. The van der Waals surface area contributed by atoms with Gasteiger partial charge in [0.15, 0.2) is 0 Å². The zero-order valence-corrected chi connectivity index (χ0v) is 16.3. The molecule has 2 bridgehead atoms. The van der Waals surface area contributed by atoms with Gasteiger partial charge in [-0.2, -0.15) is 26.3 Å². The Morgan fingerprint density at radius 2 is 1.66 bits per heavy atom. The maximum absolute atomic E-state index is 13.6. The highest BCUT2D eigenvalue weighted by molar-refractivity contribution is 5.50. The molecule has 9 heteroatoms. The lowest BCUT2D eigenvalue weighted by Crippen LogP contribution is -2.35. The van der Waals surface area contributed by atoms with E-state index in [9.17, 15) is 31.1 Å². The van der Waals surface area contributed by atoms with Gasteiger partial charge >= 0.3 is 12.4 Å². The van der Waals surface area contributed by atoms with Crippen molar-refractivity contribution in [3.63, 3.8) is 0 Å². The molecule has 29 heavy (non-hydrogen) atoms. The average Bonchev–Trinajstić information content (AvgIpc) is 3.04. The Balaban J connectivity index is 2.01. The summed E-state index contributed by atoms with van der Waals surface area (Å²) in [6.45, 7) is 6.10. The summed E-state index contributed by atoms with van der Waals surface area (Å²) in [6.07, 6.45) is -8.41. The van der Waals surface area contributed by atoms with Gasteiger partial charge in [-0.15, -0.1) is 0 Å². The fraction of sp³-hybridized carbons (Fsp3) is 0.550. The molecule has 2 aliphatic rings. The van der Waals surface area contributed by atoms with Crippen LogP contribution in [0.3, 0.4) is 0 Å². The first-order chi connectivity index (χ1) is 13.1. The third-order valence-electron chi connectivity index (χ3n) is 7.26. The monoisotopic (exact) mass is 418 g/mol. The van der Waals surface area contributed by atoms with Crippen LogP contribution in [0.1, 0.15) is 61.9 Å². The van der Waals surface area contributed by atoms with Gasteiger partial charge in [0, 0.05) is 18.0 Å². The second-order valence-electron chi connectivity index (χ2n) is 8.78. The largest absolute Gasteiger partial charge is 0.418 e. The summed E-state index contributed by atoms with van der Waals surface area (Å²) >= 11 is 0. The predicted octanol–water partition coefficient (Wildman–Crippen LogP) is 5.39. The number of hydrogen-bond acceptors (Lipinski definition) is 1. The van der Waals surface area contributed by atoms with Crippen molar-refractivity contribution in [3.8, 4) is 5.69 Å². The molecule has 1 aromatic heterocycles. The second kappa shape index (κ2) is 5.49. The zero-order chi connectivity index (χ0) is 21.7. The highest BCUT2D eigenvalue weighted by atomic mass is 19.4. The Morgan fingerprint density at radius 3 is 2.17 bits per heavy atom. The number of aromatic nitrogens is 2. The van der Waals surface area contributed by atoms with Crippen LogP contribution < -0.4 is 5.56 Å². The molecule has 0 amide bonds. The van der Waals surface area contributed by atoms with E-state index < -0.39 is 40.1 Å². The van der Waals surface area contributed by atoms with Crippen LogP contribution in [0.2, 0.25) is 0 Å². The number of nitrogens with zero attached hydrogens (tertiary/aromatic N) is 2. The first-order valence-electron chi connectivity index (χ1n) is 9.23. The van der Waals surface area contributed by atoms with Crippen molar-refractivity contribution in [2.75, 3.05) is 0 Å². The molecular formula is C20H20F6N2O. The van der Waals surface area contributed by atoms with Gasteiger partial charge in [0.05, 0.1) is 22.5 Å². The molecule has 158 valence electrons. The van der Waals surface area contributed by atoms with Gasteiger partial charge < -0.3 is 0 Å². The van der Waals surface area contributed by atoms with Crippen LogP contribution in [0.25, 0.3) is 5.69 Å². The van der Waals surface area contributed by atoms with E-state index in [0.29, 0.717) is 17.3 Å². The van der Waals surface area contributed by atoms with Gasteiger partial charge in [-0.3, -0.25) is 9.48 Å². The van der Waals surface area contributed by atoms with Gasteiger partial charge in [-0.05, 0) is 42.4 Å². The third-order valence-corrected chi connectivity index (χ3v) is 7.26. The predicted molar refractivity (Wildman–Crippen MR) is 94.1 cm³/mol. The lowest BCUT2D eigenvalue weighted by molar-refractivity contribution is -0.143. The van der Waals surface area contributed by atoms with Crippen LogP contribution in [-0.2, 0) is 24.8 Å². The number of hydrogen-bond donors (Lipinski definition) is 0. The minimum absolute atomic E-state index is 0.0696. The third kappa shape index (κ3) is 2.42. The smallest absolute Gasteiger partial charge is 0.284 e. The fourth-order valence-corrected chi connectivity index (χ4v) is 5.42. The molecule has 2 aliphatic carbocycles. The first-order valence-corrected chi connectivity index (χ1v) is 9.23. The van der Waals surface area contributed by atoms with Gasteiger partial charge in [0.25, 0.3) is 5.56 Å². The highest BCUT2D eigenvalue weighted by Crippen LogP contribution is 2.67. The van der Waals surface area contributed by atoms with Gasteiger partial charge in [0.2, 0.25) is 0 Å². The topological polar surface area (TPSA) is 26.9 Å². The number of fused-ring (bicyclic) bond motifs is 5. The van der Waals surface area contributed by atoms with Crippen LogP contribution >= 0.6 is 0 Å². The van der Waals surface area contributed by atoms with Crippen LogP contribution in [0.15, 0.2) is 23.0 Å². The Hall–Kier alpha value is -2.19. The molecule has 2 atom stereocenters. The van der Waals surface area contributed by atoms with Crippen molar-refractivity contribution >= 4 is 0 Å². The highest BCUT2D eigenvalue weighted by Gasteiger charge is 2.62. The molecule has 1 heterocycles. The number of rotatable bonds is 1. The van der Waals surface area contributed by atoms with Crippen molar-refractivity contribution in [1.29, 1.82) is 0 Å². The molecule has 4 rings (SSSR count). The van der Waals surface area contributed by atoms with E-state index in [1.807, 2.05) is 20.8 Å². The molecule has 0 saturated heterocycles. The molecule has 1 saturated carbocycles. The Bertz CT molecular complexity index is 1070. The molecule has 1 fully saturated rings. The second-order valence-corrected chi connectivity index (χ2v) is 8.78. The molecule has 0 radical (unpaired) electrons. The van der Waals surface area contributed by atoms with Gasteiger partial charge in [-0.1, -0.05) is 20.8 Å². The Morgan fingerprint density at radius 1 is 1.03 bits per heavy atom. The van der Waals surface area contributed by atoms with Gasteiger partial charge in [-0.25, -0.2) is 4.68 Å². The number of benzene rings is 1. The van der Waals surface area contributed by atoms with Crippen LogP contribution in [-0.4, -0.2) is 9.36 Å². The summed E-state index contributed by atoms with van der Waals surface area (Å²) in [7, 11) is 1.50. The minimum atomic E-state index is -5.05. The van der Waals surface area contributed by atoms with Gasteiger partial charge in [0.1, 0.15) is 0 Å². The summed E-state index contributed by atoms with van der Waals surface area (Å²) in [5.41, 5.74) is -3.52. The van der Waals surface area contributed by atoms with E-state index in [1.165, 1.54) is 11.7 Å². The zero-order valence-electron chi connectivity index (χ0n) is 16.3. The quantitative estimate of drug-likeness (QED) is 0.571. The lowest BCUT2D eigenvalue weighted by atomic mass is 9.70. The molecular weight excluding hydrogens is 398 g/mol. The summed E-state index contributed by atoms with van der Waals surface area (Å²) in [5, 5.41) is 0. The average molecular weight is 418 g/mol. The van der Waals surface area contributed by atoms with E-state index in [4.69, 9.17) is 0 Å². The summed E-state index contributed by atoms with van der Waals surface area (Å²) < 4.78 is 82.2. The Kier molecular flexibility index (Phi) is 3.80. The fourth-order valence-electron chi connectivity index (χ4n) is 5.42. The lowest BCUT2D eigenvalue weighted by Gasteiger charge is -2.36. The van der Waals surface area contributed by atoms with Crippen molar-refractivity contribution in [1.82, 2.24) is 9.36 Å². The summed E-state index contributed by atoms with van der Waals surface area (Å²) in [6, 6.07) is 1.38. The van der Waals surface area contributed by atoms with Crippen LogP contribution in [0.5, 0.6) is 0 Å². The first kappa shape index (κ1) is 20.1. The standard InChI is InChI=1S/C20H20F6N2O/c1-17(2)11-7-8-18(17,3)15-14(11)16(29)28(27(15)4)13-6-5-10(19(21,22)23)9-12(13)20(24,25)26/h5-6,9,11H,7-8H2,1-4H3/t11-,18?/m1/s1. The molecule has 2 aromatic rings. The van der Waals surface area contributed by atoms with Crippen molar-refractivity contribution in [2.24, 2.45) is 12.5 Å². The normalized spacial score (nSPS) is 25.5. The molecule has 0 N–H and O–H groups in total. The minimum Gasteiger partial charge on any atom is -0.284 e. The van der Waals surface area contributed by atoms with Crippen molar-refractivity contribution < 1.29 is 26.3 Å². The molecule has 0 spiro atoms. The van der Waals surface area contributed by atoms with Crippen LogP contribution in [0.4, 0.5) is 26.3 Å². The number of alkyl halides is 6. The molecule has 1 unspecified atom stereocenters. The van der Waals surface area contributed by atoms with Crippen molar-refractivity contribution in [2.45, 2.75) is 57.3 Å². The molecule has 1 aromatic carbocycles. The molecule has 0 aliphatic heterocycles.